The maximum atomic E-state index is 12.5. The number of benzene rings is 1. The molecular formula is C18H20N4O3S. The number of nitrogens with one attached hydrogen (secondary N) is 1. The molecule has 2 aromatic rings. The minimum Gasteiger partial charge on any atom is -0.354 e. The number of carbonyl (C=O) groups is 2. The zero-order valence-electron chi connectivity index (χ0n) is 14.5. The van der Waals surface area contributed by atoms with Crippen LogP contribution in [0.3, 0.4) is 0 Å². The Bertz CT molecular complexity index is 866. The Morgan fingerprint density at radius 3 is 2.81 bits per heavy atom. The molecular weight excluding hydrogens is 352 g/mol. The lowest BCUT2D eigenvalue weighted by molar-refractivity contribution is -0.121. The predicted octanol–water partition coefficient (Wildman–Crippen LogP) is 1.06. The summed E-state index contributed by atoms with van der Waals surface area (Å²) in [4.78, 5) is 38.4. The highest BCUT2D eigenvalue weighted by atomic mass is 32.2. The number of hydrogen-bond donors (Lipinski definition) is 1. The van der Waals surface area contributed by atoms with Crippen LogP contribution in [0.1, 0.15) is 12.0 Å². The van der Waals surface area contributed by atoms with E-state index < -0.39 is 5.56 Å². The molecule has 1 aliphatic rings. The summed E-state index contributed by atoms with van der Waals surface area (Å²) < 4.78 is 1.10. The molecule has 0 saturated heterocycles. The monoisotopic (exact) mass is 372 g/mol. The van der Waals surface area contributed by atoms with Gasteiger partial charge in [0.05, 0.1) is 16.8 Å². The van der Waals surface area contributed by atoms with Crippen LogP contribution in [0.25, 0.3) is 0 Å². The number of hydrogen-bond acceptors (Lipinski definition) is 5. The zero-order chi connectivity index (χ0) is 18.5. The SMILES string of the molecule is CN1C(=O)CSc2cnn(CC(=O)NCCCc3ccccc3)c(=O)c21. The molecule has 0 unspecified atom stereocenters. The molecule has 0 aliphatic carbocycles. The highest BCUT2D eigenvalue weighted by Crippen LogP contribution is 2.30. The fraction of sp³-hybridized carbons (Fsp3) is 0.333. The third-order valence-corrected chi connectivity index (χ3v) is 5.15. The molecule has 0 radical (unpaired) electrons. The highest BCUT2D eigenvalue weighted by molar-refractivity contribution is 8.00. The van der Waals surface area contributed by atoms with Gasteiger partial charge in [0.15, 0.2) is 0 Å². The van der Waals surface area contributed by atoms with E-state index in [-0.39, 0.29) is 29.8 Å². The van der Waals surface area contributed by atoms with Crippen LogP contribution in [0.15, 0.2) is 46.2 Å². The van der Waals surface area contributed by atoms with Crippen molar-refractivity contribution in [2.24, 2.45) is 0 Å². The number of carbonyl (C=O) groups excluding carboxylic acids is 2. The first-order chi connectivity index (χ1) is 12.6. The van der Waals surface area contributed by atoms with Gasteiger partial charge in [0.2, 0.25) is 11.8 Å². The number of rotatable bonds is 6. The normalized spacial score (nSPS) is 13.4. The molecule has 3 rings (SSSR count). The molecule has 136 valence electrons. The van der Waals surface area contributed by atoms with Crippen molar-refractivity contribution < 1.29 is 9.59 Å². The number of nitrogens with zero attached hydrogens (tertiary/aromatic N) is 3. The Balaban J connectivity index is 1.56. The molecule has 2 heterocycles. The van der Waals surface area contributed by atoms with Crippen LogP contribution >= 0.6 is 11.8 Å². The lowest BCUT2D eigenvalue weighted by atomic mass is 10.1. The van der Waals surface area contributed by atoms with Crippen molar-refractivity contribution in [3.8, 4) is 0 Å². The van der Waals surface area contributed by atoms with Crippen molar-refractivity contribution >= 4 is 29.3 Å². The summed E-state index contributed by atoms with van der Waals surface area (Å²) in [5.41, 5.74) is 1.09. The quantitative estimate of drug-likeness (QED) is 0.767. The third kappa shape index (κ3) is 4.13. The van der Waals surface area contributed by atoms with Gasteiger partial charge in [-0.15, -0.1) is 11.8 Å². The van der Waals surface area contributed by atoms with Gasteiger partial charge in [-0.25, -0.2) is 4.68 Å². The lowest BCUT2D eigenvalue weighted by Gasteiger charge is -2.24. The van der Waals surface area contributed by atoms with Crippen LogP contribution in [-0.2, 0) is 22.6 Å². The summed E-state index contributed by atoms with van der Waals surface area (Å²) in [6.45, 7) is 0.367. The van der Waals surface area contributed by atoms with Crippen LogP contribution in [0, 0.1) is 0 Å². The van der Waals surface area contributed by atoms with Crippen molar-refractivity contribution in [2.75, 3.05) is 24.2 Å². The van der Waals surface area contributed by atoms with Gasteiger partial charge in [0.1, 0.15) is 12.2 Å². The Labute approximate surface area is 155 Å². The zero-order valence-corrected chi connectivity index (χ0v) is 15.3. The summed E-state index contributed by atoms with van der Waals surface area (Å²) in [6, 6.07) is 10.0. The Morgan fingerprint density at radius 1 is 1.27 bits per heavy atom. The number of anilines is 1. The van der Waals surface area contributed by atoms with Gasteiger partial charge in [0, 0.05) is 13.6 Å². The van der Waals surface area contributed by atoms with Gasteiger partial charge < -0.3 is 10.2 Å². The molecule has 0 spiro atoms. The molecule has 26 heavy (non-hydrogen) atoms. The molecule has 0 fully saturated rings. The van der Waals surface area contributed by atoms with Crippen LogP contribution < -0.4 is 15.8 Å². The predicted molar refractivity (Wildman–Crippen MR) is 100 cm³/mol. The van der Waals surface area contributed by atoms with Gasteiger partial charge in [0.25, 0.3) is 5.56 Å². The maximum absolute atomic E-state index is 12.5. The highest BCUT2D eigenvalue weighted by Gasteiger charge is 2.26. The molecule has 1 aromatic carbocycles. The first kappa shape index (κ1) is 18.2. The molecule has 0 saturated carbocycles. The van der Waals surface area contributed by atoms with Crippen molar-refractivity contribution in [3.05, 3.63) is 52.4 Å². The fourth-order valence-corrected chi connectivity index (χ4v) is 3.66. The summed E-state index contributed by atoms with van der Waals surface area (Å²) in [6.07, 6.45) is 3.23. The van der Waals surface area contributed by atoms with Crippen molar-refractivity contribution in [1.82, 2.24) is 15.1 Å². The average Bonchev–Trinajstić information content (AvgIpc) is 2.65. The number of thioether (sulfide) groups is 1. The van der Waals surface area contributed by atoms with Gasteiger partial charge in [-0.2, -0.15) is 5.10 Å². The molecule has 1 aromatic heterocycles. The van der Waals surface area contributed by atoms with Gasteiger partial charge in [-0.1, -0.05) is 30.3 Å². The number of fused-ring (bicyclic) bond motifs is 1. The van der Waals surface area contributed by atoms with Gasteiger partial charge in [-0.3, -0.25) is 14.4 Å². The summed E-state index contributed by atoms with van der Waals surface area (Å²) in [7, 11) is 1.57. The van der Waals surface area contributed by atoms with E-state index in [1.54, 1.807) is 7.05 Å². The van der Waals surface area contributed by atoms with E-state index in [1.807, 2.05) is 30.3 Å². The number of aryl methyl sites for hydroxylation is 1. The molecule has 2 amide bonds. The number of aromatic nitrogens is 2. The van der Waals surface area contributed by atoms with E-state index in [4.69, 9.17) is 0 Å². The van der Waals surface area contributed by atoms with E-state index in [0.717, 1.165) is 17.5 Å². The minimum absolute atomic E-state index is 0.136. The average molecular weight is 372 g/mol. The molecule has 1 aliphatic heterocycles. The van der Waals surface area contributed by atoms with Crippen molar-refractivity contribution in [1.29, 1.82) is 0 Å². The van der Waals surface area contributed by atoms with Crippen LogP contribution in [0.5, 0.6) is 0 Å². The first-order valence-electron chi connectivity index (χ1n) is 8.36. The van der Waals surface area contributed by atoms with E-state index in [9.17, 15) is 14.4 Å². The van der Waals surface area contributed by atoms with Crippen molar-refractivity contribution in [2.45, 2.75) is 24.3 Å². The molecule has 1 N–H and O–H groups in total. The Morgan fingerprint density at radius 2 is 2.04 bits per heavy atom. The Hall–Kier alpha value is -2.61. The molecule has 0 bridgehead atoms. The maximum Gasteiger partial charge on any atom is 0.292 e. The number of amides is 2. The second-order valence-corrected chi connectivity index (χ2v) is 7.02. The lowest BCUT2D eigenvalue weighted by Crippen LogP contribution is -2.40. The summed E-state index contributed by atoms with van der Waals surface area (Å²) in [5, 5.41) is 6.86. The first-order valence-corrected chi connectivity index (χ1v) is 9.35. The molecule has 7 nitrogen and oxygen atoms in total. The second kappa shape index (κ2) is 8.18. The van der Waals surface area contributed by atoms with Crippen LogP contribution in [-0.4, -0.2) is 40.9 Å². The van der Waals surface area contributed by atoms with E-state index in [2.05, 4.69) is 10.4 Å². The van der Waals surface area contributed by atoms with Gasteiger partial charge in [-0.05, 0) is 18.4 Å². The largest absolute Gasteiger partial charge is 0.354 e. The van der Waals surface area contributed by atoms with E-state index >= 15 is 0 Å². The minimum atomic E-state index is -0.426. The Kier molecular flexibility index (Phi) is 5.72. The van der Waals surface area contributed by atoms with Crippen LogP contribution in [0.2, 0.25) is 0 Å². The summed E-state index contributed by atoms with van der Waals surface area (Å²) >= 11 is 1.29. The van der Waals surface area contributed by atoms with E-state index in [1.165, 1.54) is 28.4 Å². The van der Waals surface area contributed by atoms with Gasteiger partial charge >= 0.3 is 0 Å². The third-order valence-electron chi connectivity index (χ3n) is 4.15. The molecule has 0 atom stereocenters. The fourth-order valence-electron chi connectivity index (χ4n) is 2.71. The second-order valence-electron chi connectivity index (χ2n) is 6.00. The molecule has 8 heteroatoms. The standard InChI is InChI=1S/C18H20N4O3S/c1-21-16(24)12-26-14-10-20-22(18(25)17(14)21)11-15(23)19-9-5-8-13-6-3-2-4-7-13/h2-4,6-7,10H,5,8-9,11-12H2,1H3,(H,19,23). The van der Waals surface area contributed by atoms with Crippen LogP contribution in [0.4, 0.5) is 5.69 Å². The topological polar surface area (TPSA) is 84.3 Å². The smallest absolute Gasteiger partial charge is 0.292 e. The van der Waals surface area contributed by atoms with E-state index in [0.29, 0.717) is 11.4 Å². The summed E-state index contributed by atoms with van der Waals surface area (Å²) in [5.74, 6) is -0.121. The van der Waals surface area contributed by atoms with Crippen molar-refractivity contribution in [3.63, 3.8) is 0 Å².